The van der Waals surface area contributed by atoms with Crippen LogP contribution in [0.4, 0.5) is 0 Å². The number of aromatic nitrogens is 2. The van der Waals surface area contributed by atoms with E-state index in [9.17, 15) is 13.2 Å². The van der Waals surface area contributed by atoms with Gasteiger partial charge in [0.05, 0.1) is 21.5 Å². The summed E-state index contributed by atoms with van der Waals surface area (Å²) in [7, 11) is -3.19. The van der Waals surface area contributed by atoms with E-state index >= 15 is 0 Å². The van der Waals surface area contributed by atoms with E-state index in [1.54, 1.807) is 18.3 Å². The van der Waals surface area contributed by atoms with Crippen LogP contribution in [0.25, 0.3) is 11.4 Å². The SMILES string of the molecule is O=CCc1ccc(-c2ccc(C(CC3CCOCC3)c3ccc(S(=O)(=O)C4CC4)cc3)[nH]2)nc1. The van der Waals surface area contributed by atoms with Crippen LogP contribution in [0, 0.1) is 5.92 Å². The van der Waals surface area contributed by atoms with Crippen LogP contribution in [-0.2, 0) is 25.8 Å². The normalized spacial score (nSPS) is 18.0. The molecule has 5 rings (SSSR count). The summed E-state index contributed by atoms with van der Waals surface area (Å²) in [4.78, 5) is 19.2. The van der Waals surface area contributed by atoms with Crippen molar-refractivity contribution < 1.29 is 17.9 Å². The fraction of sp³-hybridized carbons (Fsp3) is 0.407. The van der Waals surface area contributed by atoms with Crippen LogP contribution >= 0.6 is 0 Å². The number of nitrogens with one attached hydrogen (secondary N) is 1. The number of hydrogen-bond donors (Lipinski definition) is 1. The number of rotatable bonds is 9. The molecule has 1 aliphatic carbocycles. The lowest BCUT2D eigenvalue weighted by atomic mass is 9.83. The Kier molecular flexibility index (Phi) is 6.66. The van der Waals surface area contributed by atoms with Crippen LogP contribution in [-0.4, -0.2) is 43.1 Å². The van der Waals surface area contributed by atoms with Crippen molar-refractivity contribution in [3.05, 3.63) is 71.5 Å². The van der Waals surface area contributed by atoms with Gasteiger partial charge in [0.2, 0.25) is 0 Å². The van der Waals surface area contributed by atoms with Crippen molar-refractivity contribution in [2.24, 2.45) is 5.92 Å². The van der Waals surface area contributed by atoms with Crippen molar-refractivity contribution in [1.82, 2.24) is 9.97 Å². The Morgan fingerprint density at radius 3 is 2.41 bits per heavy atom. The van der Waals surface area contributed by atoms with Crippen molar-refractivity contribution in [2.75, 3.05) is 13.2 Å². The standard InChI is InChI=1S/C27H30N2O4S/c30-14-11-20-1-8-26(28-18-20)27-10-9-25(29-27)24(17-19-12-15-33-16-13-19)21-2-4-22(5-3-21)34(31,32)23-6-7-23/h1-5,8-10,14,18-19,23-24,29H,6-7,11-13,15-17H2. The third kappa shape index (κ3) is 5.00. The molecule has 1 N–H and O–H groups in total. The minimum Gasteiger partial charge on any atom is -0.381 e. The van der Waals surface area contributed by atoms with Crippen LogP contribution in [0.15, 0.2) is 59.6 Å². The van der Waals surface area contributed by atoms with Gasteiger partial charge in [0.1, 0.15) is 6.29 Å². The summed E-state index contributed by atoms with van der Waals surface area (Å²) in [5.74, 6) is 0.685. The van der Waals surface area contributed by atoms with Crippen LogP contribution in [0.5, 0.6) is 0 Å². The highest BCUT2D eigenvalue weighted by molar-refractivity contribution is 7.92. The minimum atomic E-state index is -3.19. The first-order chi connectivity index (χ1) is 16.5. The Bertz CT molecular complexity index is 1220. The highest BCUT2D eigenvalue weighted by atomic mass is 32.2. The van der Waals surface area contributed by atoms with E-state index < -0.39 is 9.84 Å². The number of hydrogen-bond acceptors (Lipinski definition) is 5. The number of carbonyl (C=O) groups excluding carboxylic acids is 1. The molecular formula is C27H30N2O4S. The lowest BCUT2D eigenvalue weighted by molar-refractivity contribution is -0.107. The topological polar surface area (TPSA) is 89.1 Å². The number of carbonyl (C=O) groups is 1. The fourth-order valence-electron chi connectivity index (χ4n) is 4.78. The summed E-state index contributed by atoms with van der Waals surface area (Å²) in [6.07, 6.45) is 7.58. The summed E-state index contributed by atoms with van der Waals surface area (Å²) in [6.45, 7) is 1.59. The van der Waals surface area contributed by atoms with Crippen LogP contribution in [0.1, 0.15) is 54.8 Å². The Morgan fingerprint density at radius 2 is 1.76 bits per heavy atom. The zero-order valence-corrected chi connectivity index (χ0v) is 20.0. The van der Waals surface area contributed by atoms with Crippen LogP contribution in [0.3, 0.4) is 0 Å². The van der Waals surface area contributed by atoms with Gasteiger partial charge in [-0.3, -0.25) is 4.98 Å². The minimum absolute atomic E-state index is 0.129. The average molecular weight is 479 g/mol. The summed E-state index contributed by atoms with van der Waals surface area (Å²) < 4.78 is 30.8. The molecule has 2 fully saturated rings. The molecule has 2 aliphatic rings. The molecular weight excluding hydrogens is 448 g/mol. The molecule has 0 spiro atoms. The van der Waals surface area contributed by atoms with Gasteiger partial charge in [-0.25, -0.2) is 8.42 Å². The van der Waals surface area contributed by atoms with Gasteiger partial charge in [-0.1, -0.05) is 18.2 Å². The summed E-state index contributed by atoms with van der Waals surface area (Å²) in [5, 5.41) is -0.201. The van der Waals surface area contributed by atoms with E-state index in [0.717, 1.165) is 79.8 Å². The maximum Gasteiger partial charge on any atom is 0.181 e. The number of pyridine rings is 1. The zero-order valence-electron chi connectivity index (χ0n) is 19.2. The Balaban J connectivity index is 1.42. The molecule has 1 aliphatic heterocycles. The quantitative estimate of drug-likeness (QED) is 0.450. The van der Waals surface area contributed by atoms with E-state index in [4.69, 9.17) is 4.74 Å². The van der Waals surface area contributed by atoms with Gasteiger partial charge in [-0.15, -0.1) is 0 Å². The van der Waals surface area contributed by atoms with Crippen LogP contribution < -0.4 is 0 Å². The summed E-state index contributed by atoms with van der Waals surface area (Å²) >= 11 is 0. The number of H-pyrrole nitrogens is 1. The van der Waals surface area contributed by atoms with E-state index in [1.807, 2.05) is 30.3 Å². The van der Waals surface area contributed by atoms with Crippen molar-refractivity contribution in [3.8, 4) is 11.4 Å². The summed E-state index contributed by atoms with van der Waals surface area (Å²) in [5.41, 5.74) is 4.86. The Labute approximate surface area is 200 Å². The van der Waals surface area contributed by atoms with Crippen molar-refractivity contribution in [1.29, 1.82) is 0 Å². The maximum absolute atomic E-state index is 12.6. The van der Waals surface area contributed by atoms with Gasteiger partial charge >= 0.3 is 0 Å². The fourth-order valence-corrected chi connectivity index (χ4v) is 6.44. The Morgan fingerprint density at radius 1 is 1.00 bits per heavy atom. The second kappa shape index (κ2) is 9.84. The Hall–Kier alpha value is -2.77. The zero-order chi connectivity index (χ0) is 23.5. The van der Waals surface area contributed by atoms with E-state index in [2.05, 4.69) is 16.0 Å². The molecule has 1 unspecified atom stereocenters. The van der Waals surface area contributed by atoms with Gasteiger partial charge in [-0.2, -0.15) is 0 Å². The molecule has 6 nitrogen and oxygen atoms in total. The molecule has 34 heavy (non-hydrogen) atoms. The predicted octanol–water partition coefficient (Wildman–Crippen LogP) is 4.70. The van der Waals surface area contributed by atoms with Gasteiger partial charge in [0, 0.05) is 37.4 Å². The second-order valence-corrected chi connectivity index (χ2v) is 11.6. The molecule has 1 saturated heterocycles. The first-order valence-electron chi connectivity index (χ1n) is 12.0. The lowest BCUT2D eigenvalue weighted by Gasteiger charge is -2.27. The number of aldehydes is 1. The van der Waals surface area contributed by atoms with E-state index in [-0.39, 0.29) is 11.2 Å². The number of nitrogens with zero attached hydrogens (tertiary/aromatic N) is 1. The maximum atomic E-state index is 12.6. The lowest BCUT2D eigenvalue weighted by Crippen LogP contribution is -2.19. The molecule has 2 aromatic heterocycles. The molecule has 1 aromatic carbocycles. The number of sulfone groups is 1. The third-order valence-corrected chi connectivity index (χ3v) is 9.27. The molecule has 3 heterocycles. The molecule has 0 radical (unpaired) electrons. The highest BCUT2D eigenvalue weighted by Gasteiger charge is 2.37. The largest absolute Gasteiger partial charge is 0.381 e. The first-order valence-corrected chi connectivity index (χ1v) is 13.6. The molecule has 1 saturated carbocycles. The van der Waals surface area contributed by atoms with Gasteiger partial charge in [0.15, 0.2) is 9.84 Å². The molecule has 1 atom stereocenters. The number of benzene rings is 1. The van der Waals surface area contributed by atoms with Gasteiger partial charge in [0.25, 0.3) is 0 Å². The summed E-state index contributed by atoms with van der Waals surface area (Å²) in [6, 6.07) is 15.5. The highest BCUT2D eigenvalue weighted by Crippen LogP contribution is 2.37. The number of aromatic amines is 1. The smallest absolute Gasteiger partial charge is 0.181 e. The molecule has 7 heteroatoms. The van der Waals surface area contributed by atoms with E-state index in [0.29, 0.717) is 17.2 Å². The number of ether oxygens (including phenoxy) is 1. The molecule has 0 amide bonds. The van der Waals surface area contributed by atoms with Crippen molar-refractivity contribution in [3.63, 3.8) is 0 Å². The van der Waals surface area contributed by atoms with Gasteiger partial charge < -0.3 is 14.5 Å². The molecule has 0 bridgehead atoms. The van der Waals surface area contributed by atoms with Crippen LogP contribution in [0.2, 0.25) is 0 Å². The average Bonchev–Trinajstić information content (AvgIpc) is 3.63. The molecule has 3 aromatic rings. The van der Waals surface area contributed by atoms with Crippen molar-refractivity contribution >= 4 is 16.1 Å². The predicted molar refractivity (Wildman–Crippen MR) is 130 cm³/mol. The third-order valence-electron chi connectivity index (χ3n) is 6.99. The first kappa shape index (κ1) is 23.0. The molecule has 178 valence electrons. The monoisotopic (exact) mass is 478 g/mol. The van der Waals surface area contributed by atoms with Crippen molar-refractivity contribution in [2.45, 2.75) is 54.6 Å². The van der Waals surface area contributed by atoms with Gasteiger partial charge in [-0.05, 0) is 79.5 Å². The van der Waals surface area contributed by atoms with E-state index in [1.165, 1.54) is 0 Å². The second-order valence-electron chi connectivity index (χ2n) is 9.41.